The van der Waals surface area contributed by atoms with E-state index in [4.69, 9.17) is 9.47 Å². The molecular weight excluding hydrogens is 338 g/mol. The minimum atomic E-state index is -1.49. The molecule has 0 aromatic heterocycles. The zero-order valence-corrected chi connectivity index (χ0v) is 13.8. The fourth-order valence-corrected chi connectivity index (χ4v) is 2.84. The second-order valence-electron chi connectivity index (χ2n) is 6.00. The minimum absolute atomic E-state index is 0.368. The van der Waals surface area contributed by atoms with E-state index >= 15 is 0 Å². The van der Waals surface area contributed by atoms with Gasteiger partial charge in [-0.2, -0.15) is 5.26 Å². The zero-order chi connectivity index (χ0) is 18.7. The summed E-state index contributed by atoms with van der Waals surface area (Å²) >= 11 is 0. The van der Waals surface area contributed by atoms with Crippen LogP contribution in [0.3, 0.4) is 0 Å². The third-order valence-electron chi connectivity index (χ3n) is 4.31. The van der Waals surface area contributed by atoms with E-state index in [1.165, 1.54) is 0 Å². The van der Waals surface area contributed by atoms with E-state index < -0.39 is 37.3 Å². The van der Waals surface area contributed by atoms with Gasteiger partial charge in [0.15, 0.2) is 0 Å². The zero-order valence-electron chi connectivity index (χ0n) is 13.8. The smallest absolute Gasteiger partial charge is 0.229 e. The molecule has 7 heteroatoms. The summed E-state index contributed by atoms with van der Waals surface area (Å²) in [5.74, 6) is 0.368. The Kier molecular flexibility index (Phi) is 5.52. The molecule has 1 saturated heterocycles. The van der Waals surface area contributed by atoms with Crippen LogP contribution in [0.2, 0.25) is 0 Å². The van der Waals surface area contributed by atoms with Crippen LogP contribution in [-0.2, 0) is 4.74 Å². The molecule has 136 valence electrons. The number of hydrogen-bond donors (Lipinski definition) is 4. The van der Waals surface area contributed by atoms with Gasteiger partial charge < -0.3 is 29.9 Å². The molecule has 0 amide bonds. The van der Waals surface area contributed by atoms with Crippen LogP contribution in [0.15, 0.2) is 48.5 Å². The van der Waals surface area contributed by atoms with Crippen LogP contribution in [0, 0.1) is 11.3 Å². The van der Waals surface area contributed by atoms with E-state index in [0.29, 0.717) is 11.3 Å². The monoisotopic (exact) mass is 357 g/mol. The van der Waals surface area contributed by atoms with Crippen LogP contribution in [0.5, 0.6) is 5.75 Å². The predicted octanol–water partition coefficient (Wildman–Crippen LogP) is 0.404. The number of ether oxygens (including phenoxy) is 2. The third-order valence-corrected chi connectivity index (χ3v) is 4.31. The van der Waals surface area contributed by atoms with Gasteiger partial charge in [0.25, 0.3) is 0 Å². The first-order chi connectivity index (χ1) is 12.5. The van der Waals surface area contributed by atoms with Gasteiger partial charge in [-0.1, -0.05) is 30.3 Å². The molecule has 0 bridgehead atoms. The lowest BCUT2D eigenvalue weighted by Gasteiger charge is -2.39. The average molecular weight is 357 g/mol. The summed E-state index contributed by atoms with van der Waals surface area (Å²) < 4.78 is 10.9. The molecule has 0 saturated carbocycles. The lowest BCUT2D eigenvalue weighted by molar-refractivity contribution is -0.277. The molecule has 7 nitrogen and oxygen atoms in total. The van der Waals surface area contributed by atoms with Crippen LogP contribution in [0.1, 0.15) is 5.56 Å². The minimum Gasteiger partial charge on any atom is -0.462 e. The molecule has 2 aromatic carbocycles. The van der Waals surface area contributed by atoms with Gasteiger partial charge in [0.1, 0.15) is 30.2 Å². The predicted molar refractivity (Wildman–Crippen MR) is 91.0 cm³/mol. The number of aliphatic hydroxyl groups is 4. The third kappa shape index (κ3) is 3.55. The molecule has 26 heavy (non-hydrogen) atoms. The average Bonchev–Trinajstić information content (AvgIpc) is 2.69. The van der Waals surface area contributed by atoms with Crippen LogP contribution in [0.25, 0.3) is 11.1 Å². The summed E-state index contributed by atoms with van der Waals surface area (Å²) in [5.41, 5.74) is 2.16. The summed E-state index contributed by atoms with van der Waals surface area (Å²) in [6.07, 6.45) is -6.65. The second kappa shape index (κ2) is 7.83. The standard InChI is InChI=1S/C19H19NO6/c20-9-12-3-1-2-4-14(12)11-5-7-13(8-6-11)25-19-18(24)17(23)16(22)15(10-21)26-19/h1-8,15-19,21-24H,10H2/t15-,16-,17+,18+,19+/m1/s1. The number of nitrogens with zero attached hydrogens (tertiary/aromatic N) is 1. The van der Waals surface area contributed by atoms with Gasteiger partial charge in [0, 0.05) is 0 Å². The molecule has 0 radical (unpaired) electrons. The SMILES string of the molecule is N#Cc1ccccc1-c1ccc(O[C@H]2O[C@H](CO)[C@@H](O)[C@H](O)[C@@H]2O)cc1. The largest absolute Gasteiger partial charge is 0.462 e. The lowest BCUT2D eigenvalue weighted by Crippen LogP contribution is -2.60. The first-order valence-electron chi connectivity index (χ1n) is 8.12. The van der Waals surface area contributed by atoms with Crippen LogP contribution < -0.4 is 4.74 Å². The molecule has 2 aromatic rings. The van der Waals surface area contributed by atoms with E-state index in [2.05, 4.69) is 6.07 Å². The van der Waals surface area contributed by atoms with Crippen LogP contribution in [0.4, 0.5) is 0 Å². The Hall–Kier alpha value is -2.47. The highest BCUT2D eigenvalue weighted by molar-refractivity contribution is 5.70. The van der Waals surface area contributed by atoms with Crippen molar-refractivity contribution in [3.05, 3.63) is 54.1 Å². The molecule has 1 fully saturated rings. The molecule has 1 aliphatic heterocycles. The molecule has 4 N–H and O–H groups in total. The van der Waals surface area contributed by atoms with Crippen molar-refractivity contribution in [1.29, 1.82) is 5.26 Å². The van der Waals surface area contributed by atoms with E-state index in [0.717, 1.165) is 11.1 Å². The van der Waals surface area contributed by atoms with Crippen molar-refractivity contribution in [3.63, 3.8) is 0 Å². The normalized spacial score (nSPS) is 28.3. The van der Waals surface area contributed by atoms with Gasteiger partial charge in [-0.05, 0) is 29.3 Å². The number of aliphatic hydroxyl groups excluding tert-OH is 4. The maximum Gasteiger partial charge on any atom is 0.229 e. The maximum absolute atomic E-state index is 10.0. The Labute approximate surface area is 150 Å². The fraction of sp³-hybridized carbons (Fsp3) is 0.316. The van der Waals surface area contributed by atoms with E-state index in [1.807, 2.05) is 12.1 Å². The van der Waals surface area contributed by atoms with E-state index in [9.17, 15) is 25.7 Å². The van der Waals surface area contributed by atoms with Crippen LogP contribution in [-0.4, -0.2) is 57.7 Å². The highest BCUT2D eigenvalue weighted by Gasteiger charge is 2.44. The first-order valence-corrected chi connectivity index (χ1v) is 8.12. The number of benzene rings is 2. The summed E-state index contributed by atoms with van der Waals surface area (Å²) in [6.45, 7) is -0.519. The van der Waals surface area contributed by atoms with Gasteiger partial charge in [-0.3, -0.25) is 0 Å². The number of hydrogen-bond acceptors (Lipinski definition) is 7. The van der Waals surface area contributed by atoms with E-state index in [-0.39, 0.29) is 0 Å². The molecule has 3 rings (SSSR count). The van der Waals surface area contributed by atoms with Crippen molar-refractivity contribution < 1.29 is 29.9 Å². The number of rotatable bonds is 4. The van der Waals surface area contributed by atoms with Gasteiger partial charge in [-0.25, -0.2) is 0 Å². The molecule has 0 spiro atoms. The van der Waals surface area contributed by atoms with Crippen molar-refractivity contribution in [1.82, 2.24) is 0 Å². The molecule has 1 aliphatic rings. The Morgan fingerprint density at radius 3 is 2.31 bits per heavy atom. The topological polar surface area (TPSA) is 123 Å². The van der Waals surface area contributed by atoms with Gasteiger partial charge in [0.2, 0.25) is 6.29 Å². The molecule has 0 aliphatic carbocycles. The van der Waals surface area contributed by atoms with Gasteiger partial charge in [0.05, 0.1) is 18.2 Å². The highest BCUT2D eigenvalue weighted by Crippen LogP contribution is 2.28. The van der Waals surface area contributed by atoms with Gasteiger partial charge in [-0.15, -0.1) is 0 Å². The summed E-state index contributed by atoms with van der Waals surface area (Å²) in [7, 11) is 0. The Bertz CT molecular complexity index is 785. The molecule has 1 heterocycles. The lowest BCUT2D eigenvalue weighted by atomic mass is 9.99. The fourth-order valence-electron chi connectivity index (χ4n) is 2.84. The highest BCUT2D eigenvalue weighted by atomic mass is 16.7. The quantitative estimate of drug-likeness (QED) is 0.625. The molecular formula is C19H19NO6. The maximum atomic E-state index is 10.0. The molecule has 5 atom stereocenters. The Morgan fingerprint density at radius 1 is 0.962 bits per heavy atom. The Balaban J connectivity index is 1.76. The van der Waals surface area contributed by atoms with Gasteiger partial charge >= 0.3 is 0 Å². The second-order valence-corrected chi connectivity index (χ2v) is 6.00. The summed E-state index contributed by atoms with van der Waals surface area (Å²) in [4.78, 5) is 0. The Morgan fingerprint density at radius 2 is 1.65 bits per heavy atom. The number of nitriles is 1. The summed E-state index contributed by atoms with van der Waals surface area (Å²) in [6, 6.07) is 16.1. The summed E-state index contributed by atoms with van der Waals surface area (Å²) in [5, 5.41) is 48.0. The van der Waals surface area contributed by atoms with E-state index in [1.54, 1.807) is 36.4 Å². The first kappa shape index (κ1) is 18.3. The molecule has 0 unspecified atom stereocenters. The van der Waals surface area contributed by atoms with Crippen molar-refractivity contribution in [2.45, 2.75) is 30.7 Å². The van der Waals surface area contributed by atoms with Crippen molar-refractivity contribution in [3.8, 4) is 22.9 Å². The van der Waals surface area contributed by atoms with Crippen molar-refractivity contribution >= 4 is 0 Å². The van der Waals surface area contributed by atoms with Crippen LogP contribution >= 0.6 is 0 Å². The van der Waals surface area contributed by atoms with Crippen molar-refractivity contribution in [2.75, 3.05) is 6.61 Å². The van der Waals surface area contributed by atoms with Crippen molar-refractivity contribution in [2.24, 2.45) is 0 Å².